The number of carbonyl (C=O) groups excluding carboxylic acids is 2. The van der Waals surface area contributed by atoms with Crippen molar-refractivity contribution < 1.29 is 43.5 Å². The SMILES string of the molecule is Brc1csc2ccccc12.C.C.CON(C)C(=O)[C@H]1CC[C@H]2[C@@H]3CC[C@@H]4C[C@](C)(O)CC[C@@H]4[C@H]3CC[C@]12C.C[C@@]1(O)CC[C@H]2[C@H](CC[C@@H]3[C@@H]2CC[C@]2(C)[C@@H](C(=O)c4csc5ccccc45)CC[C@@H]32)C1.[CH2-]CCC.[Li+]. The summed E-state index contributed by atoms with van der Waals surface area (Å²) in [6.45, 7) is 14.7. The van der Waals surface area contributed by atoms with Crippen LogP contribution < -0.4 is 18.9 Å². The van der Waals surface area contributed by atoms with Crippen molar-refractivity contribution in [2.45, 2.75) is 189 Å². The first-order valence-corrected chi connectivity index (χ1v) is 30.7. The summed E-state index contributed by atoms with van der Waals surface area (Å²) in [5.74, 6) is 8.69. The normalized spacial score (nSPS) is 38.2. The van der Waals surface area contributed by atoms with Gasteiger partial charge in [0.1, 0.15) is 0 Å². The fourth-order valence-corrected chi connectivity index (χ4v) is 20.1. The molecular formula is C64H95BrLiNO5S2. The first-order chi connectivity index (χ1) is 33.9. The Morgan fingerprint density at radius 1 is 0.649 bits per heavy atom. The monoisotopic (exact) mass is 1110 g/mol. The standard InChI is InChI=1S/C28H36O2S.C22H37NO3.C8H5BrS.C4H9.2CH4.Li/c1-27(30)13-11-18-17(15-27)7-8-20-19(18)12-14-28(2)23(20)9-10-24(28)26(29)22-16-31-25-6-4-3-5-21(22)25;1-21(25)11-9-15-14(13-21)5-6-17-16(15)10-12-22(2)18(17)7-8-19(22)20(24)23(3)26-4;9-7-5-10-8-4-2-1-3-6(7)8;1-3-4-2;;;/h3-6,16-20,23-24,30H,7-15H2,1-2H3;14-19,25H,5-13H2,1-4H3;1-5H;1,3-4H2,2H3;2*1H4;/q;;;-1;;;+1/t17-,18+,19-,20-,23+,24-,27-,28+;14-,15+,16-,17-,18+,19-,21-,22+;;;;;/m11...../s1. The molecule has 6 nitrogen and oxygen atoms in total. The van der Waals surface area contributed by atoms with Crippen LogP contribution in [0.3, 0.4) is 0 Å². The van der Waals surface area contributed by atoms with Gasteiger partial charge in [0.2, 0.25) is 5.91 Å². The molecule has 10 heteroatoms. The van der Waals surface area contributed by atoms with E-state index in [0.29, 0.717) is 17.6 Å². The Hall–Kier alpha value is -1.54. The van der Waals surface area contributed by atoms with Gasteiger partial charge in [0.25, 0.3) is 0 Å². The van der Waals surface area contributed by atoms with Crippen molar-refractivity contribution in [3.05, 3.63) is 76.3 Å². The maximum absolute atomic E-state index is 13.8. The number of hydrogen-bond donors (Lipinski definition) is 2. The zero-order chi connectivity index (χ0) is 50.5. The average Bonchev–Trinajstić information content (AvgIpc) is 4.15. The second kappa shape index (κ2) is 25.3. The first-order valence-electron chi connectivity index (χ1n) is 28.1. The minimum Gasteiger partial charge on any atom is -0.390 e. The summed E-state index contributed by atoms with van der Waals surface area (Å²) in [5.41, 5.74) is 0.428. The summed E-state index contributed by atoms with van der Waals surface area (Å²) < 4.78 is 3.78. The molecule has 0 bridgehead atoms. The number of rotatable bonds is 5. The molecule has 2 aromatic heterocycles. The van der Waals surface area contributed by atoms with Crippen molar-refractivity contribution in [3.8, 4) is 0 Å². The van der Waals surface area contributed by atoms with Crippen LogP contribution in [0.4, 0.5) is 0 Å². The molecule has 8 saturated carbocycles. The average molecular weight is 1110 g/mol. The van der Waals surface area contributed by atoms with Crippen molar-refractivity contribution in [2.24, 2.45) is 81.8 Å². The van der Waals surface area contributed by atoms with E-state index >= 15 is 0 Å². The van der Waals surface area contributed by atoms with Crippen LogP contribution in [-0.4, -0.2) is 52.3 Å². The van der Waals surface area contributed by atoms with Gasteiger partial charge < -0.3 is 17.1 Å². The molecule has 0 unspecified atom stereocenters. The number of hydroxylamine groups is 2. The van der Waals surface area contributed by atoms with E-state index in [1.54, 1.807) is 36.8 Å². The second-order valence-electron chi connectivity index (χ2n) is 25.2. The topological polar surface area (TPSA) is 87.1 Å². The number of nitrogens with zero attached hydrogens (tertiary/aromatic N) is 1. The van der Waals surface area contributed by atoms with Crippen molar-refractivity contribution >= 4 is 70.5 Å². The van der Waals surface area contributed by atoms with E-state index in [1.807, 2.05) is 6.92 Å². The van der Waals surface area contributed by atoms with Crippen LogP contribution >= 0.6 is 38.6 Å². The third-order valence-electron chi connectivity index (χ3n) is 21.2. The molecule has 74 heavy (non-hydrogen) atoms. The van der Waals surface area contributed by atoms with Gasteiger partial charge in [-0.1, -0.05) is 78.4 Å². The third-order valence-corrected chi connectivity index (χ3v) is 24.1. The summed E-state index contributed by atoms with van der Waals surface area (Å²) >= 11 is 6.96. The molecular weight excluding hydrogens is 1010 g/mol. The number of fused-ring (bicyclic) bond motifs is 12. The molecule has 406 valence electrons. The van der Waals surface area contributed by atoms with Gasteiger partial charge in [0.05, 0.1) is 18.3 Å². The molecule has 1 amide bonds. The first kappa shape index (κ1) is 61.7. The van der Waals surface area contributed by atoms with E-state index in [-0.39, 0.29) is 62.3 Å². The number of ketones is 1. The zero-order valence-electron chi connectivity index (χ0n) is 45.3. The molecule has 2 heterocycles. The number of carbonyl (C=O) groups is 2. The van der Waals surface area contributed by atoms with Crippen LogP contribution in [0.15, 0.2) is 63.8 Å². The van der Waals surface area contributed by atoms with Crippen molar-refractivity contribution in [2.75, 3.05) is 14.2 Å². The van der Waals surface area contributed by atoms with Crippen LogP contribution in [-0.2, 0) is 9.63 Å². The van der Waals surface area contributed by atoms with Gasteiger partial charge in [0.15, 0.2) is 5.78 Å². The number of aliphatic hydroxyl groups is 2. The van der Waals surface area contributed by atoms with Crippen molar-refractivity contribution in [1.29, 1.82) is 0 Å². The molecule has 0 aliphatic heterocycles. The van der Waals surface area contributed by atoms with Gasteiger partial charge in [-0.3, -0.25) is 14.4 Å². The van der Waals surface area contributed by atoms with E-state index in [4.69, 9.17) is 4.84 Å². The number of benzene rings is 2. The van der Waals surface area contributed by atoms with E-state index in [9.17, 15) is 19.8 Å². The van der Waals surface area contributed by atoms with Crippen molar-refractivity contribution in [1.82, 2.24) is 5.06 Å². The van der Waals surface area contributed by atoms with Gasteiger partial charge in [-0.2, -0.15) is 6.42 Å². The number of hydrogen-bond acceptors (Lipinski definition) is 7. The predicted octanol–water partition coefficient (Wildman–Crippen LogP) is 14.7. The summed E-state index contributed by atoms with van der Waals surface area (Å²) in [4.78, 5) is 31.9. The quantitative estimate of drug-likeness (QED) is 0.0900. The Kier molecular flexibility index (Phi) is 21.1. The van der Waals surface area contributed by atoms with E-state index < -0.39 is 11.2 Å². The Bertz CT molecular complexity index is 2470. The third kappa shape index (κ3) is 12.1. The molecule has 4 aromatic rings. The number of Topliss-reactive ketones (excluding diaryl/α,β-unsaturated/α-hetero) is 1. The summed E-state index contributed by atoms with van der Waals surface area (Å²) in [7, 11) is 3.34. The second-order valence-corrected chi connectivity index (χ2v) is 27.8. The summed E-state index contributed by atoms with van der Waals surface area (Å²) in [5, 5.41) is 29.3. The Labute approximate surface area is 477 Å². The number of amides is 1. The summed E-state index contributed by atoms with van der Waals surface area (Å²) in [6, 6.07) is 16.8. The Morgan fingerprint density at radius 3 is 1.59 bits per heavy atom. The minimum atomic E-state index is -0.439. The van der Waals surface area contributed by atoms with Crippen LogP contribution in [0.5, 0.6) is 0 Å². The molecule has 2 N–H and O–H groups in total. The molecule has 8 aliphatic carbocycles. The van der Waals surface area contributed by atoms with E-state index in [1.165, 1.54) is 108 Å². The smallest absolute Gasteiger partial charge is 0.390 e. The van der Waals surface area contributed by atoms with Gasteiger partial charge in [-0.05, 0) is 227 Å². The van der Waals surface area contributed by atoms with Crippen LogP contribution in [0.1, 0.15) is 188 Å². The maximum Gasteiger partial charge on any atom is 1.00 e. The number of thiophene rings is 2. The molecule has 8 aliphatic rings. The van der Waals surface area contributed by atoms with Gasteiger partial charge in [-0.15, -0.1) is 22.7 Å². The van der Waals surface area contributed by atoms with Gasteiger partial charge in [0, 0.05) is 59.9 Å². The van der Waals surface area contributed by atoms with E-state index in [0.717, 1.165) is 103 Å². The molecule has 8 fully saturated rings. The molecule has 12 rings (SSSR count). The van der Waals surface area contributed by atoms with Crippen LogP contribution in [0.25, 0.3) is 20.2 Å². The minimum absolute atomic E-state index is 0. The van der Waals surface area contributed by atoms with Crippen LogP contribution in [0.2, 0.25) is 0 Å². The van der Waals surface area contributed by atoms with Gasteiger partial charge >= 0.3 is 18.9 Å². The molecule has 2 aromatic carbocycles. The predicted molar refractivity (Wildman–Crippen MR) is 312 cm³/mol. The van der Waals surface area contributed by atoms with Crippen molar-refractivity contribution in [3.63, 3.8) is 0 Å². The summed E-state index contributed by atoms with van der Waals surface area (Å²) in [6.07, 6.45) is 23.4. The van der Waals surface area contributed by atoms with Gasteiger partial charge in [-0.25, -0.2) is 5.06 Å². The van der Waals surface area contributed by atoms with Crippen LogP contribution in [0, 0.1) is 88.8 Å². The Morgan fingerprint density at radius 2 is 1.09 bits per heavy atom. The molecule has 16 atom stereocenters. The van der Waals surface area contributed by atoms with E-state index in [2.05, 4.69) is 110 Å². The largest absolute Gasteiger partial charge is 1.00 e. The Balaban J connectivity index is 0.000000187. The maximum atomic E-state index is 13.8. The fourth-order valence-electron chi connectivity index (χ4n) is 17.6. The zero-order valence-corrected chi connectivity index (χ0v) is 48.5. The number of halogens is 1. The molecule has 0 saturated heterocycles. The number of unbranched alkanes of at least 4 members (excludes halogenated alkanes) is 1. The molecule has 0 spiro atoms. The molecule has 0 radical (unpaired) electrons. The fraction of sp³-hybridized carbons (Fsp3) is 0.703.